The van der Waals surface area contributed by atoms with Crippen LogP contribution in [0.25, 0.3) is 10.2 Å². The first-order valence-electron chi connectivity index (χ1n) is 10.3. The summed E-state index contributed by atoms with van der Waals surface area (Å²) in [6, 6.07) is 0. The molecule has 29 heavy (non-hydrogen) atoms. The lowest BCUT2D eigenvalue weighted by Gasteiger charge is -2.20. The third kappa shape index (κ3) is 4.70. The van der Waals surface area contributed by atoms with E-state index < -0.39 is 5.60 Å². The average molecular weight is 437 g/mol. The number of carbonyl (C=O) groups excluding carboxylic acids is 1. The Morgan fingerprint density at radius 1 is 1.31 bits per heavy atom. The van der Waals surface area contributed by atoms with Crippen molar-refractivity contribution in [1.29, 1.82) is 0 Å². The minimum atomic E-state index is -0.529. The van der Waals surface area contributed by atoms with Crippen molar-refractivity contribution in [2.24, 2.45) is 0 Å². The van der Waals surface area contributed by atoms with Crippen LogP contribution in [-0.4, -0.2) is 39.6 Å². The molecule has 2 aromatic rings. The first-order valence-corrected chi connectivity index (χ1v) is 12.1. The molecular weight excluding hydrogens is 408 g/mol. The standard InChI is InChI=1S/C21H28N2O4S2/c1-21(2,3)27-16(24)12-28-20-22-18-17(14-8-4-5-9-15(14)29-18)19(25)23(20)11-13-7-6-10-26-13/h13H,4-12H2,1-3H3. The van der Waals surface area contributed by atoms with Gasteiger partial charge in [0.15, 0.2) is 5.16 Å². The predicted molar refractivity (Wildman–Crippen MR) is 116 cm³/mol. The molecule has 1 saturated heterocycles. The highest BCUT2D eigenvalue weighted by Crippen LogP contribution is 2.35. The number of hydrogen-bond acceptors (Lipinski definition) is 7. The van der Waals surface area contributed by atoms with Gasteiger partial charge in [-0.15, -0.1) is 11.3 Å². The molecule has 1 aliphatic heterocycles. The summed E-state index contributed by atoms with van der Waals surface area (Å²) < 4.78 is 12.9. The molecule has 2 aromatic heterocycles. The Balaban J connectivity index is 1.68. The van der Waals surface area contributed by atoms with E-state index in [1.54, 1.807) is 15.9 Å². The second kappa shape index (κ2) is 8.40. The molecule has 1 unspecified atom stereocenters. The SMILES string of the molecule is CC(C)(C)OC(=O)CSc1nc2sc3c(c2c(=O)n1CC1CCCO1)CCCC3. The zero-order valence-corrected chi connectivity index (χ0v) is 18.9. The topological polar surface area (TPSA) is 70.4 Å². The fourth-order valence-electron chi connectivity index (χ4n) is 3.98. The summed E-state index contributed by atoms with van der Waals surface area (Å²) in [5, 5.41) is 1.37. The molecule has 6 nitrogen and oxygen atoms in total. The monoisotopic (exact) mass is 436 g/mol. The number of aromatic nitrogens is 2. The minimum Gasteiger partial charge on any atom is -0.459 e. The van der Waals surface area contributed by atoms with Gasteiger partial charge in [-0.05, 0) is 64.9 Å². The van der Waals surface area contributed by atoms with Crippen LogP contribution < -0.4 is 5.56 Å². The van der Waals surface area contributed by atoms with Crippen LogP contribution in [0.3, 0.4) is 0 Å². The van der Waals surface area contributed by atoms with E-state index in [1.165, 1.54) is 28.6 Å². The Morgan fingerprint density at radius 3 is 2.83 bits per heavy atom. The van der Waals surface area contributed by atoms with E-state index in [1.807, 2.05) is 20.8 Å². The van der Waals surface area contributed by atoms with Crippen molar-refractivity contribution in [3.05, 3.63) is 20.8 Å². The third-order valence-electron chi connectivity index (χ3n) is 5.19. The molecule has 2 aliphatic rings. The zero-order chi connectivity index (χ0) is 20.6. The third-order valence-corrected chi connectivity index (χ3v) is 7.32. The van der Waals surface area contributed by atoms with Crippen LogP contribution in [0.5, 0.6) is 0 Å². The van der Waals surface area contributed by atoms with Crippen LogP contribution in [0, 0.1) is 0 Å². The van der Waals surface area contributed by atoms with Crippen LogP contribution in [0.2, 0.25) is 0 Å². The number of aryl methyl sites for hydroxylation is 2. The van der Waals surface area contributed by atoms with Gasteiger partial charge < -0.3 is 9.47 Å². The number of nitrogens with zero attached hydrogens (tertiary/aromatic N) is 2. The molecule has 1 fully saturated rings. The predicted octanol–water partition coefficient (Wildman–Crippen LogP) is 3.95. The van der Waals surface area contributed by atoms with E-state index in [0.29, 0.717) is 11.7 Å². The largest absolute Gasteiger partial charge is 0.459 e. The molecule has 0 N–H and O–H groups in total. The van der Waals surface area contributed by atoms with Gasteiger partial charge in [0.05, 0.1) is 23.8 Å². The molecule has 1 aliphatic carbocycles. The highest BCUT2D eigenvalue weighted by Gasteiger charge is 2.25. The average Bonchev–Trinajstić information content (AvgIpc) is 3.28. The summed E-state index contributed by atoms with van der Waals surface area (Å²) in [4.78, 5) is 32.6. The molecule has 0 radical (unpaired) electrons. The van der Waals surface area contributed by atoms with Crippen molar-refractivity contribution in [3.63, 3.8) is 0 Å². The maximum atomic E-state index is 13.5. The van der Waals surface area contributed by atoms with Gasteiger partial charge in [0.2, 0.25) is 0 Å². The summed E-state index contributed by atoms with van der Waals surface area (Å²) >= 11 is 2.92. The Kier molecular flexibility index (Phi) is 6.04. The smallest absolute Gasteiger partial charge is 0.316 e. The van der Waals surface area contributed by atoms with Crippen LogP contribution >= 0.6 is 23.1 Å². The van der Waals surface area contributed by atoms with Gasteiger partial charge in [0.25, 0.3) is 5.56 Å². The lowest BCUT2D eigenvalue weighted by Crippen LogP contribution is -2.29. The van der Waals surface area contributed by atoms with Crippen molar-refractivity contribution >= 4 is 39.3 Å². The van der Waals surface area contributed by atoms with Crippen molar-refractivity contribution in [2.75, 3.05) is 12.4 Å². The molecule has 1 atom stereocenters. The van der Waals surface area contributed by atoms with E-state index in [4.69, 9.17) is 14.5 Å². The first kappa shape index (κ1) is 20.9. The molecule has 0 aromatic carbocycles. The molecule has 0 spiro atoms. The molecular formula is C21H28N2O4S2. The van der Waals surface area contributed by atoms with E-state index in [-0.39, 0.29) is 23.4 Å². The minimum absolute atomic E-state index is 0.0107. The summed E-state index contributed by atoms with van der Waals surface area (Å²) in [5.41, 5.74) is 0.675. The molecule has 0 bridgehead atoms. The van der Waals surface area contributed by atoms with E-state index in [2.05, 4.69) is 0 Å². The van der Waals surface area contributed by atoms with Crippen LogP contribution in [-0.2, 0) is 33.7 Å². The Morgan fingerprint density at radius 2 is 2.10 bits per heavy atom. The molecule has 0 amide bonds. The van der Waals surface area contributed by atoms with Crippen molar-refractivity contribution in [3.8, 4) is 0 Å². The number of thiophene rings is 1. The Labute approximate surface area is 179 Å². The second-order valence-corrected chi connectivity index (χ2v) is 10.7. The fourth-order valence-corrected chi connectivity index (χ4v) is 6.06. The number of rotatable bonds is 5. The summed E-state index contributed by atoms with van der Waals surface area (Å²) in [7, 11) is 0. The van der Waals surface area contributed by atoms with Gasteiger partial charge in [-0.2, -0.15) is 0 Å². The van der Waals surface area contributed by atoms with Crippen LogP contribution in [0.4, 0.5) is 0 Å². The quantitative estimate of drug-likeness (QED) is 0.402. The Hall–Kier alpha value is -1.38. The van der Waals surface area contributed by atoms with Gasteiger partial charge in [0, 0.05) is 11.5 Å². The number of thioether (sulfide) groups is 1. The van der Waals surface area contributed by atoms with Gasteiger partial charge in [-0.1, -0.05) is 11.8 Å². The van der Waals surface area contributed by atoms with Gasteiger partial charge in [-0.3, -0.25) is 14.2 Å². The number of esters is 1. The van der Waals surface area contributed by atoms with Gasteiger partial charge >= 0.3 is 5.97 Å². The van der Waals surface area contributed by atoms with Crippen molar-refractivity contribution in [1.82, 2.24) is 9.55 Å². The first-order chi connectivity index (χ1) is 13.8. The zero-order valence-electron chi connectivity index (χ0n) is 17.3. The number of hydrogen-bond donors (Lipinski definition) is 0. The second-order valence-electron chi connectivity index (χ2n) is 8.71. The molecule has 4 rings (SSSR count). The van der Waals surface area contributed by atoms with E-state index in [9.17, 15) is 9.59 Å². The molecule has 0 saturated carbocycles. The molecule has 3 heterocycles. The highest BCUT2D eigenvalue weighted by atomic mass is 32.2. The maximum absolute atomic E-state index is 13.5. The number of fused-ring (bicyclic) bond motifs is 3. The van der Waals surface area contributed by atoms with E-state index >= 15 is 0 Å². The molecule has 8 heteroatoms. The van der Waals surface area contributed by atoms with Crippen molar-refractivity contribution in [2.45, 2.75) is 82.7 Å². The summed E-state index contributed by atoms with van der Waals surface area (Å²) in [5.74, 6) is -0.169. The van der Waals surface area contributed by atoms with Crippen molar-refractivity contribution < 1.29 is 14.3 Å². The Bertz CT molecular complexity index is 968. The summed E-state index contributed by atoms with van der Waals surface area (Å²) in [6.45, 7) is 6.78. The fraction of sp³-hybridized carbons (Fsp3) is 0.667. The molecule has 158 valence electrons. The van der Waals surface area contributed by atoms with Crippen LogP contribution in [0.1, 0.15) is 56.9 Å². The maximum Gasteiger partial charge on any atom is 0.316 e. The van der Waals surface area contributed by atoms with E-state index in [0.717, 1.165) is 48.9 Å². The normalized spacial score (nSPS) is 19.5. The number of ether oxygens (including phenoxy) is 2. The highest BCUT2D eigenvalue weighted by molar-refractivity contribution is 7.99. The summed E-state index contributed by atoms with van der Waals surface area (Å²) in [6.07, 6.45) is 6.27. The van der Waals surface area contributed by atoms with Gasteiger partial charge in [0.1, 0.15) is 10.4 Å². The number of carbonyl (C=O) groups is 1. The lowest BCUT2D eigenvalue weighted by atomic mass is 9.97. The lowest BCUT2D eigenvalue weighted by molar-refractivity contribution is -0.151. The van der Waals surface area contributed by atoms with Crippen LogP contribution in [0.15, 0.2) is 9.95 Å². The van der Waals surface area contributed by atoms with Gasteiger partial charge in [-0.25, -0.2) is 4.98 Å².